The second-order valence-electron chi connectivity index (χ2n) is 4.89. The highest BCUT2D eigenvalue weighted by atomic mass is 35.5. The molecule has 0 aromatic heterocycles. The second kappa shape index (κ2) is 7.93. The fourth-order valence-corrected chi connectivity index (χ4v) is 2.52. The minimum Gasteiger partial charge on any atom is -0.351 e. The van der Waals surface area contributed by atoms with Crippen molar-refractivity contribution in [3.05, 3.63) is 0 Å². The van der Waals surface area contributed by atoms with Gasteiger partial charge in [-0.1, -0.05) is 20.8 Å². The summed E-state index contributed by atoms with van der Waals surface area (Å²) in [6.45, 7) is 7.53. The minimum absolute atomic E-state index is 0. The average Bonchev–Trinajstić information content (AvgIpc) is 2.79. The summed E-state index contributed by atoms with van der Waals surface area (Å²) in [5, 5.41) is 6.59. The zero-order valence-corrected chi connectivity index (χ0v) is 12.2. The van der Waals surface area contributed by atoms with Crippen LogP contribution in [-0.4, -0.2) is 24.0 Å². The van der Waals surface area contributed by atoms with Gasteiger partial charge in [0.15, 0.2) is 0 Å². The van der Waals surface area contributed by atoms with Crippen molar-refractivity contribution in [3.63, 3.8) is 0 Å². The van der Waals surface area contributed by atoms with Crippen LogP contribution in [0.4, 0.5) is 0 Å². The van der Waals surface area contributed by atoms with Crippen LogP contribution >= 0.6 is 12.4 Å². The number of rotatable bonds is 6. The Morgan fingerprint density at radius 2 is 1.88 bits per heavy atom. The predicted octanol–water partition coefficient (Wildman–Crippen LogP) is 2.64. The molecule has 1 atom stereocenters. The normalized spacial score (nSPS) is 19.8. The topological polar surface area (TPSA) is 41.1 Å². The van der Waals surface area contributed by atoms with Crippen LogP contribution in [0.2, 0.25) is 0 Å². The zero-order valence-electron chi connectivity index (χ0n) is 11.3. The first-order valence-corrected chi connectivity index (χ1v) is 6.70. The molecule has 1 aliphatic heterocycles. The van der Waals surface area contributed by atoms with E-state index < -0.39 is 0 Å². The molecule has 0 aromatic carbocycles. The maximum absolute atomic E-state index is 11.9. The van der Waals surface area contributed by atoms with Gasteiger partial charge in [0.2, 0.25) is 5.91 Å². The Kier molecular flexibility index (Phi) is 7.80. The molecule has 1 rings (SSSR count). The molecule has 1 unspecified atom stereocenters. The summed E-state index contributed by atoms with van der Waals surface area (Å²) in [5.74, 6) is 0.213. The van der Waals surface area contributed by atoms with Crippen molar-refractivity contribution >= 4 is 18.3 Å². The Labute approximate surface area is 112 Å². The molecule has 0 saturated carbocycles. The minimum atomic E-state index is 0. The van der Waals surface area contributed by atoms with E-state index in [0.717, 1.165) is 32.2 Å². The number of carbonyl (C=O) groups is 1. The molecular formula is C13H27ClN2O. The van der Waals surface area contributed by atoms with Crippen molar-refractivity contribution in [2.75, 3.05) is 6.54 Å². The number of halogens is 1. The Morgan fingerprint density at radius 3 is 2.29 bits per heavy atom. The van der Waals surface area contributed by atoms with Gasteiger partial charge in [0.25, 0.3) is 0 Å². The van der Waals surface area contributed by atoms with Crippen molar-refractivity contribution in [2.24, 2.45) is 0 Å². The van der Waals surface area contributed by atoms with E-state index >= 15 is 0 Å². The van der Waals surface area contributed by atoms with Gasteiger partial charge in [0.05, 0.1) is 0 Å². The van der Waals surface area contributed by atoms with Gasteiger partial charge in [-0.15, -0.1) is 12.4 Å². The van der Waals surface area contributed by atoms with Crippen LogP contribution in [0.25, 0.3) is 0 Å². The smallest absolute Gasteiger partial charge is 0.221 e. The molecule has 0 radical (unpaired) electrons. The molecule has 0 aromatic rings. The SMILES string of the molecule is CCC(CC)(CC)NC(=O)CC1CCCN1.Cl. The van der Waals surface area contributed by atoms with E-state index in [1.165, 1.54) is 6.42 Å². The number of carbonyl (C=O) groups excluding carboxylic acids is 1. The highest BCUT2D eigenvalue weighted by molar-refractivity contribution is 5.85. The fourth-order valence-electron chi connectivity index (χ4n) is 2.52. The Bertz CT molecular complexity index is 215. The molecule has 17 heavy (non-hydrogen) atoms. The summed E-state index contributed by atoms with van der Waals surface area (Å²) in [4.78, 5) is 11.9. The van der Waals surface area contributed by atoms with Crippen LogP contribution in [0.5, 0.6) is 0 Å². The van der Waals surface area contributed by atoms with E-state index in [-0.39, 0.29) is 23.9 Å². The van der Waals surface area contributed by atoms with Crippen LogP contribution in [0, 0.1) is 0 Å². The summed E-state index contributed by atoms with van der Waals surface area (Å²) in [6.07, 6.45) is 6.04. The Hall–Kier alpha value is -0.280. The standard InChI is InChI=1S/C13H26N2O.ClH/c1-4-13(5-2,6-3)15-12(16)10-11-8-7-9-14-11;/h11,14H,4-10H2,1-3H3,(H,15,16);1H. The van der Waals surface area contributed by atoms with Gasteiger partial charge in [-0.2, -0.15) is 0 Å². The zero-order chi connectivity index (χ0) is 12.0. The molecule has 1 aliphatic rings. The summed E-state index contributed by atoms with van der Waals surface area (Å²) in [6, 6.07) is 0.406. The fraction of sp³-hybridized carbons (Fsp3) is 0.923. The molecule has 1 saturated heterocycles. The second-order valence-corrected chi connectivity index (χ2v) is 4.89. The van der Waals surface area contributed by atoms with Crippen molar-refractivity contribution in [1.29, 1.82) is 0 Å². The number of amides is 1. The van der Waals surface area contributed by atoms with E-state index in [0.29, 0.717) is 12.5 Å². The lowest BCUT2D eigenvalue weighted by Crippen LogP contribution is -2.48. The highest BCUT2D eigenvalue weighted by Crippen LogP contribution is 2.20. The number of hydrogen-bond acceptors (Lipinski definition) is 2. The maximum Gasteiger partial charge on any atom is 0.221 e. The third kappa shape index (κ3) is 4.84. The van der Waals surface area contributed by atoms with Gasteiger partial charge in [0.1, 0.15) is 0 Å². The van der Waals surface area contributed by atoms with Crippen LogP contribution < -0.4 is 10.6 Å². The quantitative estimate of drug-likeness (QED) is 0.773. The molecule has 0 aliphatic carbocycles. The third-order valence-electron chi connectivity index (χ3n) is 4.03. The third-order valence-corrected chi connectivity index (χ3v) is 4.03. The van der Waals surface area contributed by atoms with Crippen molar-refractivity contribution in [3.8, 4) is 0 Å². The maximum atomic E-state index is 11.9. The van der Waals surface area contributed by atoms with Crippen LogP contribution in [-0.2, 0) is 4.79 Å². The van der Waals surface area contributed by atoms with Crippen molar-refractivity contribution in [2.45, 2.75) is 70.9 Å². The molecule has 0 bridgehead atoms. The van der Waals surface area contributed by atoms with Gasteiger partial charge in [-0.3, -0.25) is 4.79 Å². The summed E-state index contributed by atoms with van der Waals surface area (Å²) >= 11 is 0. The molecule has 102 valence electrons. The summed E-state index contributed by atoms with van der Waals surface area (Å²) in [5.41, 5.74) is 0.0235. The van der Waals surface area contributed by atoms with Gasteiger partial charge < -0.3 is 10.6 Å². The molecule has 1 fully saturated rings. The predicted molar refractivity (Wildman–Crippen MR) is 74.6 cm³/mol. The van der Waals surface area contributed by atoms with Gasteiger partial charge in [-0.05, 0) is 38.6 Å². The summed E-state index contributed by atoms with van der Waals surface area (Å²) in [7, 11) is 0. The first-order valence-electron chi connectivity index (χ1n) is 6.70. The lowest BCUT2D eigenvalue weighted by molar-refractivity contribution is -0.123. The van der Waals surface area contributed by atoms with Crippen LogP contribution in [0.15, 0.2) is 0 Å². The van der Waals surface area contributed by atoms with E-state index in [2.05, 4.69) is 31.4 Å². The molecule has 0 spiro atoms. The van der Waals surface area contributed by atoms with E-state index in [4.69, 9.17) is 0 Å². The molecular weight excluding hydrogens is 236 g/mol. The van der Waals surface area contributed by atoms with Gasteiger partial charge >= 0.3 is 0 Å². The molecule has 1 heterocycles. The first kappa shape index (κ1) is 16.7. The van der Waals surface area contributed by atoms with Crippen molar-refractivity contribution < 1.29 is 4.79 Å². The van der Waals surface area contributed by atoms with Crippen LogP contribution in [0.1, 0.15) is 59.3 Å². The lowest BCUT2D eigenvalue weighted by atomic mass is 9.89. The first-order chi connectivity index (χ1) is 7.65. The number of nitrogens with one attached hydrogen (secondary N) is 2. The van der Waals surface area contributed by atoms with Crippen LogP contribution in [0.3, 0.4) is 0 Å². The molecule has 3 nitrogen and oxygen atoms in total. The molecule has 4 heteroatoms. The van der Waals surface area contributed by atoms with Crippen molar-refractivity contribution in [1.82, 2.24) is 10.6 Å². The molecule has 1 amide bonds. The van der Waals surface area contributed by atoms with Gasteiger partial charge in [0, 0.05) is 18.0 Å². The molecule has 2 N–H and O–H groups in total. The number of hydrogen-bond donors (Lipinski definition) is 2. The monoisotopic (exact) mass is 262 g/mol. The summed E-state index contributed by atoms with van der Waals surface area (Å²) < 4.78 is 0. The van der Waals surface area contributed by atoms with E-state index in [9.17, 15) is 4.79 Å². The Morgan fingerprint density at radius 1 is 1.29 bits per heavy atom. The highest BCUT2D eigenvalue weighted by Gasteiger charge is 2.27. The van der Waals surface area contributed by atoms with E-state index in [1.807, 2.05) is 0 Å². The van der Waals surface area contributed by atoms with Gasteiger partial charge in [-0.25, -0.2) is 0 Å². The Balaban J connectivity index is 0.00000256. The van der Waals surface area contributed by atoms with E-state index in [1.54, 1.807) is 0 Å². The lowest BCUT2D eigenvalue weighted by Gasteiger charge is -2.32. The average molecular weight is 263 g/mol. The largest absolute Gasteiger partial charge is 0.351 e.